The van der Waals surface area contributed by atoms with E-state index in [-0.39, 0.29) is 6.29 Å². The molecule has 0 bridgehead atoms. The summed E-state index contributed by atoms with van der Waals surface area (Å²) < 4.78 is 22.2. The molecule has 1 saturated heterocycles. The molecule has 0 N–H and O–H groups in total. The van der Waals surface area contributed by atoms with Crippen LogP contribution in [-0.4, -0.2) is 35.5 Å². The lowest BCUT2D eigenvalue weighted by atomic mass is 10.2. The molecular weight excluding hydrogens is 260 g/mol. The molecule has 5 heteroatoms. The normalized spacial score (nSPS) is 16.7. The standard InChI is InChI=1S/C14H22O4Si/c1-15-11-8-10(14-17-6-7-18-14)9-12(16-2)13(11)19(3,4)5/h8-9,14H,6-7H2,1-5H3. The molecule has 0 radical (unpaired) electrons. The van der Waals surface area contributed by atoms with E-state index in [1.54, 1.807) is 14.2 Å². The summed E-state index contributed by atoms with van der Waals surface area (Å²) in [5.41, 5.74) is 0.952. The topological polar surface area (TPSA) is 36.9 Å². The van der Waals surface area contributed by atoms with Gasteiger partial charge in [-0.05, 0) is 12.1 Å². The average Bonchev–Trinajstić information content (AvgIpc) is 2.89. The van der Waals surface area contributed by atoms with Crippen LogP contribution in [0.25, 0.3) is 0 Å². The van der Waals surface area contributed by atoms with Gasteiger partial charge in [-0.1, -0.05) is 19.6 Å². The van der Waals surface area contributed by atoms with E-state index in [0.717, 1.165) is 17.1 Å². The predicted octanol–water partition coefficient (Wildman–Crippen LogP) is 2.29. The smallest absolute Gasteiger partial charge is 0.184 e. The number of ether oxygens (including phenoxy) is 4. The van der Waals surface area contributed by atoms with Crippen molar-refractivity contribution in [3.8, 4) is 11.5 Å². The van der Waals surface area contributed by atoms with Gasteiger partial charge in [0, 0.05) is 10.8 Å². The lowest BCUT2D eigenvalue weighted by molar-refractivity contribution is -0.0443. The van der Waals surface area contributed by atoms with Gasteiger partial charge in [0.05, 0.1) is 35.5 Å². The van der Waals surface area contributed by atoms with Crippen LogP contribution in [0.4, 0.5) is 0 Å². The Hall–Kier alpha value is -1.04. The van der Waals surface area contributed by atoms with Gasteiger partial charge in [0.15, 0.2) is 6.29 Å². The van der Waals surface area contributed by atoms with Crippen molar-refractivity contribution in [1.29, 1.82) is 0 Å². The third-order valence-electron chi connectivity index (χ3n) is 3.17. The first-order valence-corrected chi connectivity index (χ1v) is 9.97. The van der Waals surface area contributed by atoms with E-state index in [1.807, 2.05) is 12.1 Å². The summed E-state index contributed by atoms with van der Waals surface area (Å²) in [7, 11) is 1.83. The minimum absolute atomic E-state index is 0.307. The maximum Gasteiger partial charge on any atom is 0.184 e. The molecule has 1 aromatic rings. The highest BCUT2D eigenvalue weighted by atomic mass is 28.3. The fraction of sp³-hybridized carbons (Fsp3) is 0.571. The summed E-state index contributed by atoms with van der Waals surface area (Å²) in [6.07, 6.45) is -0.307. The van der Waals surface area contributed by atoms with E-state index in [4.69, 9.17) is 18.9 Å². The molecule has 0 unspecified atom stereocenters. The molecule has 106 valence electrons. The van der Waals surface area contributed by atoms with Crippen LogP contribution >= 0.6 is 0 Å². The Labute approximate surface area is 115 Å². The van der Waals surface area contributed by atoms with Gasteiger partial charge in [-0.15, -0.1) is 0 Å². The van der Waals surface area contributed by atoms with Crippen molar-refractivity contribution in [3.05, 3.63) is 17.7 Å². The second-order valence-electron chi connectivity index (χ2n) is 5.62. The minimum atomic E-state index is -1.56. The van der Waals surface area contributed by atoms with Crippen LogP contribution < -0.4 is 14.7 Å². The lowest BCUT2D eigenvalue weighted by Crippen LogP contribution is -2.39. The highest BCUT2D eigenvalue weighted by molar-refractivity contribution is 6.90. The third-order valence-corrected chi connectivity index (χ3v) is 5.16. The van der Waals surface area contributed by atoms with Crippen molar-refractivity contribution in [2.24, 2.45) is 0 Å². The molecule has 0 saturated carbocycles. The second-order valence-corrected chi connectivity index (χ2v) is 10.6. The Morgan fingerprint density at radius 3 is 1.84 bits per heavy atom. The average molecular weight is 282 g/mol. The number of rotatable bonds is 4. The molecule has 4 nitrogen and oxygen atoms in total. The van der Waals surface area contributed by atoms with Gasteiger partial charge in [0.25, 0.3) is 0 Å². The van der Waals surface area contributed by atoms with Crippen LogP contribution in [0.2, 0.25) is 19.6 Å². The van der Waals surface area contributed by atoms with E-state index >= 15 is 0 Å². The zero-order valence-corrected chi connectivity index (χ0v) is 13.3. The maximum atomic E-state index is 5.56. The van der Waals surface area contributed by atoms with Crippen molar-refractivity contribution in [2.75, 3.05) is 27.4 Å². The molecule has 0 aliphatic carbocycles. The van der Waals surface area contributed by atoms with Crippen LogP contribution in [0.15, 0.2) is 12.1 Å². The summed E-state index contributed by atoms with van der Waals surface area (Å²) >= 11 is 0. The molecule has 0 aromatic heterocycles. The summed E-state index contributed by atoms with van der Waals surface area (Å²) in [5.74, 6) is 1.74. The summed E-state index contributed by atoms with van der Waals surface area (Å²) in [4.78, 5) is 0. The molecule has 2 rings (SSSR count). The molecule has 1 heterocycles. The summed E-state index contributed by atoms with van der Waals surface area (Å²) in [6, 6.07) is 4.01. The van der Waals surface area contributed by atoms with E-state index in [0.29, 0.717) is 13.2 Å². The first kappa shape index (κ1) is 14.4. The Balaban J connectivity index is 2.50. The summed E-state index contributed by atoms with van der Waals surface area (Å²) in [5, 5.41) is 1.19. The monoisotopic (exact) mass is 282 g/mol. The molecule has 0 atom stereocenters. The van der Waals surface area contributed by atoms with Crippen molar-refractivity contribution in [2.45, 2.75) is 25.9 Å². The van der Waals surface area contributed by atoms with E-state index in [2.05, 4.69) is 19.6 Å². The van der Waals surface area contributed by atoms with Gasteiger partial charge in [0.1, 0.15) is 11.5 Å². The Morgan fingerprint density at radius 1 is 1.00 bits per heavy atom. The molecule has 19 heavy (non-hydrogen) atoms. The largest absolute Gasteiger partial charge is 0.497 e. The van der Waals surface area contributed by atoms with E-state index < -0.39 is 8.07 Å². The zero-order chi connectivity index (χ0) is 14.0. The van der Waals surface area contributed by atoms with Crippen LogP contribution in [-0.2, 0) is 9.47 Å². The van der Waals surface area contributed by atoms with Crippen LogP contribution in [0.1, 0.15) is 11.9 Å². The van der Waals surface area contributed by atoms with E-state index in [1.165, 1.54) is 5.19 Å². The molecule has 1 aliphatic rings. The fourth-order valence-electron chi connectivity index (χ4n) is 2.36. The van der Waals surface area contributed by atoms with Gasteiger partial charge in [-0.3, -0.25) is 0 Å². The molecule has 1 fully saturated rings. The third kappa shape index (κ3) is 2.93. The molecule has 1 aromatic carbocycles. The SMILES string of the molecule is COc1cc(C2OCCO2)cc(OC)c1[Si](C)(C)C. The minimum Gasteiger partial charge on any atom is -0.497 e. The Kier molecular flexibility index (Phi) is 4.18. The first-order chi connectivity index (χ1) is 8.97. The van der Waals surface area contributed by atoms with Crippen LogP contribution in [0.3, 0.4) is 0 Å². The van der Waals surface area contributed by atoms with Gasteiger partial charge < -0.3 is 18.9 Å². The lowest BCUT2D eigenvalue weighted by Gasteiger charge is -2.24. The van der Waals surface area contributed by atoms with Gasteiger partial charge in [-0.25, -0.2) is 0 Å². The maximum absolute atomic E-state index is 5.56. The van der Waals surface area contributed by atoms with Gasteiger partial charge >= 0.3 is 0 Å². The number of hydrogen-bond acceptors (Lipinski definition) is 4. The highest BCUT2D eigenvalue weighted by Gasteiger charge is 2.29. The zero-order valence-electron chi connectivity index (χ0n) is 12.3. The quantitative estimate of drug-likeness (QED) is 0.794. The van der Waals surface area contributed by atoms with Crippen molar-refractivity contribution in [3.63, 3.8) is 0 Å². The van der Waals surface area contributed by atoms with Crippen LogP contribution in [0, 0.1) is 0 Å². The molecular formula is C14H22O4Si. The van der Waals surface area contributed by atoms with E-state index in [9.17, 15) is 0 Å². The molecule has 0 spiro atoms. The Morgan fingerprint density at radius 2 is 1.47 bits per heavy atom. The molecule has 0 amide bonds. The van der Waals surface area contributed by atoms with Gasteiger partial charge in [-0.2, -0.15) is 0 Å². The number of methoxy groups -OCH3 is 2. The van der Waals surface area contributed by atoms with Crippen molar-refractivity contribution < 1.29 is 18.9 Å². The Bertz CT molecular complexity index is 422. The van der Waals surface area contributed by atoms with Gasteiger partial charge in [0.2, 0.25) is 0 Å². The second kappa shape index (κ2) is 5.52. The van der Waals surface area contributed by atoms with Crippen molar-refractivity contribution in [1.82, 2.24) is 0 Å². The summed E-state index contributed by atoms with van der Waals surface area (Å²) in [6.45, 7) is 8.08. The number of benzene rings is 1. The fourth-order valence-corrected chi connectivity index (χ4v) is 4.19. The number of hydrogen-bond donors (Lipinski definition) is 0. The first-order valence-electron chi connectivity index (χ1n) is 6.47. The highest BCUT2D eigenvalue weighted by Crippen LogP contribution is 2.31. The molecule has 1 aliphatic heterocycles. The predicted molar refractivity (Wildman–Crippen MR) is 77.2 cm³/mol. The van der Waals surface area contributed by atoms with Crippen LogP contribution in [0.5, 0.6) is 11.5 Å². The van der Waals surface area contributed by atoms with Crippen molar-refractivity contribution >= 4 is 13.3 Å².